The van der Waals surface area contributed by atoms with Gasteiger partial charge in [0.1, 0.15) is 0 Å². The summed E-state index contributed by atoms with van der Waals surface area (Å²) in [6, 6.07) is 17.1. The van der Waals surface area contributed by atoms with Gasteiger partial charge >= 0.3 is 0 Å². The molecule has 0 spiro atoms. The predicted molar refractivity (Wildman–Crippen MR) is 97.4 cm³/mol. The van der Waals surface area contributed by atoms with Gasteiger partial charge in [0.05, 0.1) is 5.75 Å². The molecule has 0 amide bonds. The molecule has 1 heterocycles. The third-order valence-corrected chi connectivity index (χ3v) is 6.76. The predicted octanol–water partition coefficient (Wildman–Crippen LogP) is 2.84. The van der Waals surface area contributed by atoms with Crippen molar-refractivity contribution in [1.29, 1.82) is 0 Å². The first-order valence-corrected chi connectivity index (χ1v) is 9.96. The third kappa shape index (κ3) is 3.64. The smallest absolute Gasteiger partial charge is 0.218 e. The van der Waals surface area contributed by atoms with Crippen LogP contribution in [0.2, 0.25) is 5.02 Å². The number of nitrogens with two attached hydrogens (primary N) is 1. The summed E-state index contributed by atoms with van der Waals surface area (Å²) in [6.45, 7) is 1.40. The molecule has 0 radical (unpaired) electrons. The van der Waals surface area contributed by atoms with E-state index < -0.39 is 10.0 Å². The van der Waals surface area contributed by atoms with Crippen molar-refractivity contribution < 1.29 is 8.42 Å². The first-order chi connectivity index (χ1) is 11.5. The monoisotopic (exact) mass is 364 g/mol. The van der Waals surface area contributed by atoms with E-state index in [1.807, 2.05) is 30.3 Å². The zero-order chi connectivity index (χ0) is 17.2. The van der Waals surface area contributed by atoms with Crippen LogP contribution < -0.4 is 5.73 Å². The maximum absolute atomic E-state index is 12.8. The van der Waals surface area contributed by atoms with E-state index in [2.05, 4.69) is 0 Å². The van der Waals surface area contributed by atoms with Crippen LogP contribution in [0.25, 0.3) is 0 Å². The highest BCUT2D eigenvalue weighted by Crippen LogP contribution is 2.34. The molecule has 0 aliphatic carbocycles. The van der Waals surface area contributed by atoms with Gasteiger partial charge in [-0.05, 0) is 29.7 Å². The Bertz CT molecular complexity index is 796. The van der Waals surface area contributed by atoms with E-state index in [0.29, 0.717) is 30.2 Å². The van der Waals surface area contributed by atoms with Gasteiger partial charge in [0, 0.05) is 24.0 Å². The zero-order valence-electron chi connectivity index (χ0n) is 13.3. The molecule has 3 rings (SSSR count). The van der Waals surface area contributed by atoms with Crippen LogP contribution in [0.15, 0.2) is 54.6 Å². The lowest BCUT2D eigenvalue weighted by molar-refractivity contribution is 0.458. The van der Waals surface area contributed by atoms with Crippen LogP contribution in [0.5, 0.6) is 0 Å². The number of rotatable bonds is 5. The van der Waals surface area contributed by atoms with Crippen LogP contribution in [0, 0.1) is 5.92 Å². The first-order valence-electron chi connectivity index (χ1n) is 7.97. The van der Waals surface area contributed by atoms with Crippen molar-refractivity contribution >= 4 is 21.6 Å². The molecule has 1 aliphatic heterocycles. The molecular weight excluding hydrogens is 344 g/mol. The Kier molecular flexibility index (Phi) is 5.25. The number of sulfonamides is 1. The van der Waals surface area contributed by atoms with Crippen LogP contribution in [-0.4, -0.2) is 32.4 Å². The molecule has 1 fully saturated rings. The second-order valence-corrected chi connectivity index (χ2v) is 8.55. The SMILES string of the molecule is NC[C@@H]1CN(S(=O)(=O)Cc2ccccc2Cl)C[C@H]1c1ccccc1. The van der Waals surface area contributed by atoms with Gasteiger partial charge in [0.2, 0.25) is 10.0 Å². The van der Waals surface area contributed by atoms with Crippen molar-refractivity contribution in [3.63, 3.8) is 0 Å². The van der Waals surface area contributed by atoms with Crippen molar-refractivity contribution in [2.75, 3.05) is 19.6 Å². The molecule has 0 bridgehead atoms. The summed E-state index contributed by atoms with van der Waals surface area (Å²) in [7, 11) is -3.43. The Hall–Kier alpha value is -1.40. The summed E-state index contributed by atoms with van der Waals surface area (Å²) in [5.74, 6) is 0.191. The van der Waals surface area contributed by atoms with Gasteiger partial charge in [-0.25, -0.2) is 12.7 Å². The molecule has 1 saturated heterocycles. The van der Waals surface area contributed by atoms with Crippen molar-refractivity contribution in [2.24, 2.45) is 11.7 Å². The van der Waals surface area contributed by atoms with Crippen LogP contribution in [-0.2, 0) is 15.8 Å². The van der Waals surface area contributed by atoms with Gasteiger partial charge in [0.15, 0.2) is 0 Å². The topological polar surface area (TPSA) is 63.4 Å². The van der Waals surface area contributed by atoms with Crippen molar-refractivity contribution in [1.82, 2.24) is 4.31 Å². The highest BCUT2D eigenvalue weighted by atomic mass is 35.5. The normalized spacial score (nSPS) is 21.9. The van der Waals surface area contributed by atoms with Crippen molar-refractivity contribution in [3.8, 4) is 0 Å². The summed E-state index contributed by atoms with van der Waals surface area (Å²) in [5, 5.41) is 0.482. The molecule has 2 aromatic carbocycles. The maximum Gasteiger partial charge on any atom is 0.218 e. The average molecular weight is 365 g/mol. The minimum Gasteiger partial charge on any atom is -0.330 e. The minimum atomic E-state index is -3.43. The number of halogens is 1. The quantitative estimate of drug-likeness (QED) is 0.887. The molecule has 6 heteroatoms. The van der Waals surface area contributed by atoms with Crippen LogP contribution in [0.4, 0.5) is 0 Å². The Labute approximate surface area is 148 Å². The molecule has 4 nitrogen and oxygen atoms in total. The Balaban J connectivity index is 1.81. The van der Waals surface area contributed by atoms with Crippen molar-refractivity contribution in [3.05, 3.63) is 70.7 Å². The summed E-state index contributed by atoms with van der Waals surface area (Å²) in [5.41, 5.74) is 7.67. The van der Waals surface area contributed by atoms with Gasteiger partial charge in [-0.15, -0.1) is 0 Å². The van der Waals surface area contributed by atoms with Crippen LogP contribution in [0.1, 0.15) is 17.0 Å². The molecular formula is C18H21ClN2O2S. The summed E-state index contributed by atoms with van der Waals surface area (Å²) >= 11 is 6.11. The average Bonchev–Trinajstić information content (AvgIpc) is 3.03. The molecule has 24 heavy (non-hydrogen) atoms. The van der Waals surface area contributed by atoms with E-state index in [4.69, 9.17) is 17.3 Å². The number of nitrogens with zero attached hydrogens (tertiary/aromatic N) is 1. The molecule has 0 unspecified atom stereocenters. The van der Waals surface area contributed by atoms with Gasteiger partial charge in [-0.1, -0.05) is 60.1 Å². The fourth-order valence-corrected chi connectivity index (χ4v) is 5.19. The number of hydrogen-bond acceptors (Lipinski definition) is 3. The highest BCUT2D eigenvalue weighted by molar-refractivity contribution is 7.88. The second kappa shape index (κ2) is 7.23. The molecule has 1 aliphatic rings. The van der Waals surface area contributed by atoms with Gasteiger partial charge in [-0.3, -0.25) is 0 Å². The lowest BCUT2D eigenvalue weighted by Gasteiger charge is -2.17. The number of hydrogen-bond donors (Lipinski definition) is 1. The second-order valence-electron chi connectivity index (χ2n) is 6.18. The third-order valence-electron chi connectivity index (χ3n) is 4.63. The van der Waals surface area contributed by atoms with E-state index in [0.717, 1.165) is 5.56 Å². The largest absolute Gasteiger partial charge is 0.330 e. The Morgan fingerprint density at radius 1 is 1.04 bits per heavy atom. The van der Waals surface area contributed by atoms with E-state index in [1.165, 1.54) is 0 Å². The van der Waals surface area contributed by atoms with Gasteiger partial charge < -0.3 is 5.73 Å². The standard InChI is InChI=1S/C18H21ClN2O2S/c19-18-9-5-4-8-15(18)13-24(22,23)21-11-16(10-20)17(12-21)14-6-2-1-3-7-14/h1-9,16-17H,10-13,20H2/t16-,17+/m1/s1. The molecule has 2 aromatic rings. The fraction of sp³-hybridized carbons (Fsp3) is 0.333. The van der Waals surface area contributed by atoms with Gasteiger partial charge in [0.25, 0.3) is 0 Å². The summed E-state index contributed by atoms with van der Waals surface area (Å²) < 4.78 is 27.2. The van der Waals surface area contributed by atoms with Crippen LogP contribution >= 0.6 is 11.6 Å². The summed E-state index contributed by atoms with van der Waals surface area (Å²) in [6.07, 6.45) is 0. The zero-order valence-corrected chi connectivity index (χ0v) is 14.9. The van der Waals surface area contributed by atoms with E-state index in [1.54, 1.807) is 28.6 Å². The Morgan fingerprint density at radius 3 is 2.38 bits per heavy atom. The lowest BCUT2D eigenvalue weighted by atomic mass is 9.89. The summed E-state index contributed by atoms with van der Waals surface area (Å²) in [4.78, 5) is 0. The van der Waals surface area contributed by atoms with Crippen LogP contribution in [0.3, 0.4) is 0 Å². The van der Waals surface area contributed by atoms with Crippen molar-refractivity contribution in [2.45, 2.75) is 11.7 Å². The van der Waals surface area contributed by atoms with E-state index in [-0.39, 0.29) is 17.6 Å². The van der Waals surface area contributed by atoms with Gasteiger partial charge in [-0.2, -0.15) is 0 Å². The molecule has 128 valence electrons. The van der Waals surface area contributed by atoms with E-state index >= 15 is 0 Å². The van der Waals surface area contributed by atoms with E-state index in [9.17, 15) is 8.42 Å². The number of benzene rings is 2. The highest BCUT2D eigenvalue weighted by Gasteiger charge is 2.38. The maximum atomic E-state index is 12.8. The first kappa shape index (κ1) is 17.4. The Morgan fingerprint density at radius 2 is 1.71 bits per heavy atom. The lowest BCUT2D eigenvalue weighted by Crippen LogP contribution is -2.31. The molecule has 2 N–H and O–H groups in total. The molecule has 2 atom stereocenters. The molecule has 0 aromatic heterocycles. The molecule has 0 saturated carbocycles. The fourth-order valence-electron chi connectivity index (χ4n) is 3.28. The minimum absolute atomic E-state index is 0.0779.